The van der Waals surface area contributed by atoms with Crippen LogP contribution in [0.4, 0.5) is 10.1 Å². The van der Waals surface area contributed by atoms with Gasteiger partial charge in [0.1, 0.15) is 5.82 Å². The van der Waals surface area contributed by atoms with Crippen molar-refractivity contribution in [2.45, 2.75) is 24.8 Å². The summed E-state index contributed by atoms with van der Waals surface area (Å²) < 4.78 is 40.9. The van der Waals surface area contributed by atoms with Crippen molar-refractivity contribution in [2.75, 3.05) is 4.72 Å². The number of nitrogens with one attached hydrogen (secondary N) is 2. The third-order valence-electron chi connectivity index (χ3n) is 4.59. The van der Waals surface area contributed by atoms with Gasteiger partial charge in [-0.1, -0.05) is 29.8 Å². The summed E-state index contributed by atoms with van der Waals surface area (Å²) in [5.41, 5.74) is 2.01. The summed E-state index contributed by atoms with van der Waals surface area (Å²) in [4.78, 5) is 12.7. The lowest BCUT2D eigenvalue weighted by Crippen LogP contribution is -2.26. The molecule has 5 nitrogen and oxygen atoms in total. The van der Waals surface area contributed by atoms with Gasteiger partial charge in [-0.25, -0.2) is 12.8 Å². The fourth-order valence-electron chi connectivity index (χ4n) is 2.81. The number of aryl methyl sites for hydroxylation is 1. The van der Waals surface area contributed by atoms with Crippen molar-refractivity contribution in [1.82, 2.24) is 5.32 Å². The Labute approximate surface area is 179 Å². The van der Waals surface area contributed by atoms with E-state index < -0.39 is 10.0 Å². The molecule has 1 atom stereocenters. The zero-order chi connectivity index (χ0) is 21.9. The second-order valence-electron chi connectivity index (χ2n) is 6.84. The summed E-state index contributed by atoms with van der Waals surface area (Å²) in [5.74, 6) is -0.729. The van der Waals surface area contributed by atoms with Crippen LogP contribution in [0.2, 0.25) is 5.02 Å². The molecule has 0 saturated carbocycles. The summed E-state index contributed by atoms with van der Waals surface area (Å²) in [6, 6.07) is 16.0. The van der Waals surface area contributed by atoms with Crippen LogP contribution in [0, 0.1) is 12.7 Å². The average Bonchev–Trinajstić information content (AvgIpc) is 2.70. The molecule has 0 aliphatic heterocycles. The second-order valence-corrected chi connectivity index (χ2v) is 8.95. The van der Waals surface area contributed by atoms with Crippen molar-refractivity contribution in [3.63, 3.8) is 0 Å². The number of hydrogen-bond donors (Lipinski definition) is 2. The number of benzene rings is 3. The van der Waals surface area contributed by atoms with Gasteiger partial charge in [-0.05, 0) is 73.5 Å². The zero-order valence-corrected chi connectivity index (χ0v) is 17.9. The highest BCUT2D eigenvalue weighted by atomic mass is 35.5. The van der Waals surface area contributed by atoms with Crippen LogP contribution in [-0.2, 0) is 10.0 Å². The molecule has 0 aliphatic carbocycles. The van der Waals surface area contributed by atoms with Crippen LogP contribution in [0.5, 0.6) is 0 Å². The zero-order valence-electron chi connectivity index (χ0n) is 16.3. The van der Waals surface area contributed by atoms with Crippen LogP contribution in [0.3, 0.4) is 0 Å². The molecule has 0 fully saturated rings. The first-order valence-corrected chi connectivity index (χ1v) is 11.0. The summed E-state index contributed by atoms with van der Waals surface area (Å²) in [6.07, 6.45) is 0. The smallest absolute Gasteiger partial charge is 0.261 e. The van der Waals surface area contributed by atoms with E-state index in [1.54, 1.807) is 38.1 Å². The van der Waals surface area contributed by atoms with Gasteiger partial charge in [0.2, 0.25) is 0 Å². The Kier molecular flexibility index (Phi) is 6.43. The van der Waals surface area contributed by atoms with Gasteiger partial charge < -0.3 is 5.32 Å². The number of halogens is 2. The summed E-state index contributed by atoms with van der Waals surface area (Å²) in [5, 5.41) is 3.26. The Morgan fingerprint density at radius 2 is 1.63 bits per heavy atom. The average molecular weight is 447 g/mol. The number of anilines is 1. The van der Waals surface area contributed by atoms with Gasteiger partial charge in [0, 0.05) is 10.6 Å². The third kappa shape index (κ3) is 5.17. The Morgan fingerprint density at radius 3 is 2.27 bits per heavy atom. The second kappa shape index (κ2) is 8.85. The van der Waals surface area contributed by atoms with Gasteiger partial charge in [-0.2, -0.15) is 0 Å². The Bertz CT molecular complexity index is 1160. The van der Waals surface area contributed by atoms with Crippen LogP contribution < -0.4 is 10.0 Å². The van der Waals surface area contributed by atoms with Crippen molar-refractivity contribution in [1.29, 1.82) is 0 Å². The van der Waals surface area contributed by atoms with E-state index in [9.17, 15) is 17.6 Å². The predicted molar refractivity (Wildman–Crippen MR) is 116 cm³/mol. The molecule has 0 bridgehead atoms. The first-order chi connectivity index (χ1) is 14.2. The van der Waals surface area contributed by atoms with Crippen molar-refractivity contribution < 1.29 is 17.6 Å². The molecule has 0 spiro atoms. The lowest BCUT2D eigenvalue weighted by atomic mass is 10.1. The first-order valence-electron chi connectivity index (χ1n) is 9.11. The monoisotopic (exact) mass is 446 g/mol. The quantitative estimate of drug-likeness (QED) is 0.554. The van der Waals surface area contributed by atoms with Gasteiger partial charge in [0.15, 0.2) is 0 Å². The normalized spacial score (nSPS) is 12.3. The first kappa shape index (κ1) is 21.8. The van der Waals surface area contributed by atoms with E-state index in [0.29, 0.717) is 21.8 Å². The molecule has 0 heterocycles. The highest BCUT2D eigenvalue weighted by molar-refractivity contribution is 7.92. The van der Waals surface area contributed by atoms with E-state index in [0.717, 1.165) is 5.56 Å². The molecule has 0 saturated heterocycles. The van der Waals surface area contributed by atoms with E-state index in [1.807, 2.05) is 0 Å². The van der Waals surface area contributed by atoms with Crippen molar-refractivity contribution in [2.24, 2.45) is 0 Å². The van der Waals surface area contributed by atoms with Gasteiger partial charge in [0.05, 0.1) is 16.6 Å². The highest BCUT2D eigenvalue weighted by Crippen LogP contribution is 2.23. The van der Waals surface area contributed by atoms with Crippen LogP contribution in [0.15, 0.2) is 71.6 Å². The van der Waals surface area contributed by atoms with E-state index in [2.05, 4.69) is 10.0 Å². The Morgan fingerprint density at radius 1 is 1.00 bits per heavy atom. The number of rotatable bonds is 6. The largest absolute Gasteiger partial charge is 0.346 e. The SMILES string of the molecule is Cc1ccc(C(=O)N[C@H](C)c2ccc(F)cc2)cc1NS(=O)(=O)c1ccc(Cl)cc1. The maximum absolute atomic E-state index is 13.1. The molecule has 2 N–H and O–H groups in total. The fraction of sp³-hybridized carbons (Fsp3) is 0.136. The molecule has 3 aromatic rings. The van der Waals surface area contributed by atoms with Crippen molar-refractivity contribution >= 4 is 33.2 Å². The van der Waals surface area contributed by atoms with Crippen LogP contribution in [0.1, 0.15) is 34.5 Å². The molecule has 0 aliphatic rings. The third-order valence-corrected chi connectivity index (χ3v) is 6.22. The highest BCUT2D eigenvalue weighted by Gasteiger charge is 2.17. The summed E-state index contributed by atoms with van der Waals surface area (Å²) >= 11 is 5.82. The van der Waals surface area contributed by atoms with E-state index >= 15 is 0 Å². The minimum Gasteiger partial charge on any atom is -0.346 e. The number of carbonyl (C=O) groups excluding carboxylic acids is 1. The topological polar surface area (TPSA) is 75.3 Å². The molecule has 0 aromatic heterocycles. The van der Waals surface area contributed by atoms with Crippen LogP contribution >= 0.6 is 11.6 Å². The van der Waals surface area contributed by atoms with Gasteiger partial charge in [-0.15, -0.1) is 0 Å². The van der Waals surface area contributed by atoms with E-state index in [1.165, 1.54) is 42.5 Å². The molecule has 0 radical (unpaired) electrons. The van der Waals surface area contributed by atoms with Crippen LogP contribution in [-0.4, -0.2) is 14.3 Å². The van der Waals surface area contributed by atoms with Crippen molar-refractivity contribution in [3.8, 4) is 0 Å². The Balaban J connectivity index is 1.79. The molecule has 0 unspecified atom stereocenters. The number of sulfonamides is 1. The minimum absolute atomic E-state index is 0.0612. The molecular formula is C22H20ClFN2O3S. The molecular weight excluding hydrogens is 427 g/mol. The van der Waals surface area contributed by atoms with E-state index in [4.69, 9.17) is 11.6 Å². The van der Waals surface area contributed by atoms with Gasteiger partial charge >= 0.3 is 0 Å². The molecule has 1 amide bonds. The standard InChI is InChI=1S/C22H20ClFN2O3S/c1-14-3-4-17(22(27)25-15(2)16-5-9-19(24)10-6-16)13-21(14)26-30(28,29)20-11-7-18(23)8-12-20/h3-13,15,26H,1-2H3,(H,25,27)/t15-/m1/s1. The lowest BCUT2D eigenvalue weighted by molar-refractivity contribution is 0.0940. The van der Waals surface area contributed by atoms with Crippen LogP contribution in [0.25, 0.3) is 0 Å². The van der Waals surface area contributed by atoms with Gasteiger partial charge in [-0.3, -0.25) is 9.52 Å². The number of carbonyl (C=O) groups is 1. The molecule has 3 rings (SSSR count). The lowest BCUT2D eigenvalue weighted by Gasteiger charge is -2.16. The Hall–Kier alpha value is -2.90. The molecule has 30 heavy (non-hydrogen) atoms. The maximum Gasteiger partial charge on any atom is 0.261 e. The van der Waals surface area contributed by atoms with Gasteiger partial charge in [0.25, 0.3) is 15.9 Å². The maximum atomic E-state index is 13.1. The summed E-state index contributed by atoms with van der Waals surface area (Å²) in [6.45, 7) is 3.52. The van der Waals surface area contributed by atoms with Crippen molar-refractivity contribution in [3.05, 3.63) is 94.3 Å². The molecule has 8 heteroatoms. The number of hydrogen-bond acceptors (Lipinski definition) is 3. The molecule has 156 valence electrons. The predicted octanol–water partition coefficient (Wildman–Crippen LogP) is 5.08. The van der Waals surface area contributed by atoms with E-state index in [-0.39, 0.29) is 22.7 Å². The molecule has 3 aromatic carbocycles. The summed E-state index contributed by atoms with van der Waals surface area (Å²) in [7, 11) is -3.84. The number of amides is 1. The minimum atomic E-state index is -3.84. The fourth-order valence-corrected chi connectivity index (χ4v) is 4.05.